The number of benzene rings is 2. The maximum atomic E-state index is 12.5. The molecule has 146 valence electrons. The Labute approximate surface area is 160 Å². The third-order valence-corrected chi connectivity index (χ3v) is 4.62. The van der Waals surface area contributed by atoms with Gasteiger partial charge in [-0.05, 0) is 30.2 Å². The maximum Gasteiger partial charge on any atom is 0.416 e. The van der Waals surface area contributed by atoms with Gasteiger partial charge in [0.15, 0.2) is 0 Å². The van der Waals surface area contributed by atoms with Gasteiger partial charge in [0, 0.05) is 36.3 Å². The molecule has 1 heterocycles. The van der Waals surface area contributed by atoms with E-state index in [0.717, 1.165) is 17.7 Å². The normalized spacial score (nSPS) is 13.6. The van der Waals surface area contributed by atoms with Crippen molar-refractivity contribution in [2.45, 2.75) is 19.0 Å². The van der Waals surface area contributed by atoms with Crippen LogP contribution in [0.1, 0.15) is 33.5 Å². The number of halogens is 3. The Morgan fingerprint density at radius 1 is 1.04 bits per heavy atom. The highest BCUT2D eigenvalue weighted by molar-refractivity contribution is 6.08. The average molecular weight is 388 g/mol. The second kappa shape index (κ2) is 7.88. The Balaban J connectivity index is 1.44. The van der Waals surface area contributed by atoms with Crippen LogP contribution >= 0.6 is 0 Å². The van der Waals surface area contributed by atoms with Crippen LogP contribution in [0.15, 0.2) is 55.1 Å². The zero-order chi connectivity index (χ0) is 20.3. The standard InChI is InChI=1S/C21H19F3N2O2/c1-14-17-4-2-3-5-18(17)20(28)26(14)13-11-19(27)25-12-10-15-6-8-16(9-7-15)21(22,23)24/h2-9H,1,10-13H2,(H,25,27). The highest BCUT2D eigenvalue weighted by Crippen LogP contribution is 2.31. The number of alkyl halides is 3. The molecule has 4 nitrogen and oxygen atoms in total. The van der Waals surface area contributed by atoms with Crippen molar-refractivity contribution in [3.05, 3.63) is 77.4 Å². The van der Waals surface area contributed by atoms with E-state index in [4.69, 9.17) is 0 Å². The molecular formula is C21H19F3N2O2. The summed E-state index contributed by atoms with van der Waals surface area (Å²) in [7, 11) is 0. The largest absolute Gasteiger partial charge is 0.416 e. The fraction of sp³-hybridized carbons (Fsp3) is 0.238. The zero-order valence-corrected chi connectivity index (χ0v) is 15.1. The summed E-state index contributed by atoms with van der Waals surface area (Å²) in [5, 5.41) is 2.72. The van der Waals surface area contributed by atoms with Crippen LogP contribution in [0.5, 0.6) is 0 Å². The van der Waals surface area contributed by atoms with Crippen LogP contribution in [-0.4, -0.2) is 29.8 Å². The first-order valence-electron chi connectivity index (χ1n) is 8.80. The van der Waals surface area contributed by atoms with Crippen molar-refractivity contribution in [2.75, 3.05) is 13.1 Å². The Morgan fingerprint density at radius 2 is 1.68 bits per heavy atom. The van der Waals surface area contributed by atoms with Crippen molar-refractivity contribution in [3.8, 4) is 0 Å². The van der Waals surface area contributed by atoms with Crippen LogP contribution in [0.3, 0.4) is 0 Å². The molecule has 2 aromatic rings. The molecular weight excluding hydrogens is 369 g/mol. The molecule has 3 rings (SSSR count). The van der Waals surface area contributed by atoms with E-state index in [0.29, 0.717) is 29.8 Å². The lowest BCUT2D eigenvalue weighted by Crippen LogP contribution is -2.31. The number of fused-ring (bicyclic) bond motifs is 1. The van der Waals surface area contributed by atoms with Gasteiger partial charge in [-0.2, -0.15) is 13.2 Å². The van der Waals surface area contributed by atoms with Gasteiger partial charge in [-0.3, -0.25) is 9.59 Å². The van der Waals surface area contributed by atoms with Gasteiger partial charge < -0.3 is 10.2 Å². The highest BCUT2D eigenvalue weighted by atomic mass is 19.4. The minimum atomic E-state index is -4.36. The van der Waals surface area contributed by atoms with E-state index in [2.05, 4.69) is 11.9 Å². The van der Waals surface area contributed by atoms with Gasteiger partial charge in [0.2, 0.25) is 5.91 Å². The smallest absolute Gasteiger partial charge is 0.356 e. The summed E-state index contributed by atoms with van der Waals surface area (Å²) in [5.74, 6) is -0.401. The number of hydrogen-bond acceptors (Lipinski definition) is 2. The molecule has 7 heteroatoms. The van der Waals surface area contributed by atoms with E-state index >= 15 is 0 Å². The number of hydrogen-bond donors (Lipinski definition) is 1. The predicted octanol–water partition coefficient (Wildman–Crippen LogP) is 3.88. The lowest BCUT2D eigenvalue weighted by atomic mass is 10.1. The van der Waals surface area contributed by atoms with Gasteiger partial charge in [-0.1, -0.05) is 36.9 Å². The molecule has 0 aliphatic carbocycles. The van der Waals surface area contributed by atoms with E-state index < -0.39 is 11.7 Å². The van der Waals surface area contributed by atoms with Crippen molar-refractivity contribution in [1.29, 1.82) is 0 Å². The number of carbonyl (C=O) groups excluding carboxylic acids is 2. The van der Waals surface area contributed by atoms with Gasteiger partial charge in [-0.15, -0.1) is 0 Å². The van der Waals surface area contributed by atoms with Gasteiger partial charge in [0.25, 0.3) is 5.91 Å². The van der Waals surface area contributed by atoms with Crippen LogP contribution in [0, 0.1) is 0 Å². The first-order chi connectivity index (χ1) is 13.3. The van der Waals surface area contributed by atoms with Crippen molar-refractivity contribution >= 4 is 17.5 Å². The van der Waals surface area contributed by atoms with E-state index in [1.54, 1.807) is 12.1 Å². The third kappa shape index (κ3) is 4.24. The number of nitrogens with zero attached hydrogens (tertiary/aromatic N) is 1. The Kier molecular flexibility index (Phi) is 5.53. The molecule has 2 amide bonds. The van der Waals surface area contributed by atoms with Crippen molar-refractivity contribution in [2.24, 2.45) is 0 Å². The fourth-order valence-electron chi connectivity index (χ4n) is 3.08. The Morgan fingerprint density at radius 3 is 2.29 bits per heavy atom. The SMILES string of the molecule is C=C1c2ccccc2C(=O)N1CCC(=O)NCCc1ccc(C(F)(F)F)cc1. The summed E-state index contributed by atoms with van der Waals surface area (Å²) in [6.07, 6.45) is -3.82. The van der Waals surface area contributed by atoms with E-state index in [-0.39, 0.29) is 24.8 Å². The molecule has 1 aliphatic rings. The molecule has 0 spiro atoms. The van der Waals surface area contributed by atoms with Crippen LogP contribution in [0.25, 0.3) is 5.70 Å². The number of rotatable bonds is 6. The molecule has 1 aliphatic heterocycles. The molecule has 0 radical (unpaired) electrons. The molecule has 0 fully saturated rings. The van der Waals surface area contributed by atoms with Gasteiger partial charge in [0.1, 0.15) is 0 Å². The number of carbonyl (C=O) groups is 2. The van der Waals surface area contributed by atoms with E-state index in [1.807, 2.05) is 12.1 Å². The quantitative estimate of drug-likeness (QED) is 0.817. The highest BCUT2D eigenvalue weighted by Gasteiger charge is 2.31. The molecule has 1 N–H and O–H groups in total. The van der Waals surface area contributed by atoms with E-state index in [1.165, 1.54) is 17.0 Å². The van der Waals surface area contributed by atoms with Gasteiger partial charge >= 0.3 is 6.18 Å². The maximum absolute atomic E-state index is 12.5. The monoisotopic (exact) mass is 388 g/mol. The minimum absolute atomic E-state index is 0.117. The first-order valence-corrected chi connectivity index (χ1v) is 8.80. The Bertz CT molecular complexity index is 870. The molecule has 28 heavy (non-hydrogen) atoms. The molecule has 0 saturated carbocycles. The third-order valence-electron chi connectivity index (χ3n) is 4.62. The van der Waals surface area contributed by atoms with Crippen molar-refractivity contribution in [3.63, 3.8) is 0 Å². The molecule has 2 aromatic carbocycles. The summed E-state index contributed by atoms with van der Waals surface area (Å²) in [4.78, 5) is 25.9. The molecule has 0 saturated heterocycles. The number of amides is 2. The van der Waals surface area contributed by atoms with Gasteiger partial charge in [-0.25, -0.2) is 0 Å². The zero-order valence-electron chi connectivity index (χ0n) is 15.1. The van der Waals surface area contributed by atoms with E-state index in [9.17, 15) is 22.8 Å². The minimum Gasteiger partial charge on any atom is -0.356 e. The second-order valence-electron chi connectivity index (χ2n) is 6.49. The first kappa shape index (κ1) is 19.7. The predicted molar refractivity (Wildman–Crippen MR) is 99.3 cm³/mol. The number of nitrogens with one attached hydrogen (secondary N) is 1. The molecule has 0 bridgehead atoms. The van der Waals surface area contributed by atoms with Crippen LogP contribution < -0.4 is 5.32 Å². The van der Waals surface area contributed by atoms with Crippen LogP contribution in [0.4, 0.5) is 13.2 Å². The lowest BCUT2D eigenvalue weighted by molar-refractivity contribution is -0.137. The Hall–Kier alpha value is -3.09. The summed E-state index contributed by atoms with van der Waals surface area (Å²) in [6, 6.07) is 12.0. The van der Waals surface area contributed by atoms with Crippen molar-refractivity contribution in [1.82, 2.24) is 10.2 Å². The summed E-state index contributed by atoms with van der Waals surface area (Å²) in [5.41, 5.74) is 1.94. The van der Waals surface area contributed by atoms with Crippen LogP contribution in [0.2, 0.25) is 0 Å². The lowest BCUT2D eigenvalue weighted by Gasteiger charge is -2.17. The molecule has 0 aromatic heterocycles. The summed E-state index contributed by atoms with van der Waals surface area (Å²) >= 11 is 0. The average Bonchev–Trinajstić information content (AvgIpc) is 2.91. The topological polar surface area (TPSA) is 49.4 Å². The molecule has 0 atom stereocenters. The second-order valence-corrected chi connectivity index (χ2v) is 6.49. The summed E-state index contributed by atoms with van der Waals surface area (Å²) in [6.45, 7) is 4.45. The van der Waals surface area contributed by atoms with Crippen molar-refractivity contribution < 1.29 is 22.8 Å². The summed E-state index contributed by atoms with van der Waals surface area (Å²) < 4.78 is 37.6. The van der Waals surface area contributed by atoms with Gasteiger partial charge in [0.05, 0.1) is 5.56 Å². The van der Waals surface area contributed by atoms with Crippen LogP contribution in [-0.2, 0) is 17.4 Å². The fourth-order valence-corrected chi connectivity index (χ4v) is 3.08. The molecule has 0 unspecified atom stereocenters.